The lowest BCUT2D eigenvalue weighted by atomic mass is 10.3. The minimum absolute atomic E-state index is 0.186. The highest BCUT2D eigenvalue weighted by molar-refractivity contribution is 9.10. The van der Waals surface area contributed by atoms with E-state index in [0.717, 1.165) is 4.47 Å². The average Bonchev–Trinajstić information content (AvgIpc) is 2.20. The van der Waals surface area contributed by atoms with Crippen molar-refractivity contribution in [1.29, 1.82) is 0 Å². The van der Waals surface area contributed by atoms with Gasteiger partial charge in [-0.3, -0.25) is 4.79 Å². The van der Waals surface area contributed by atoms with Crippen LogP contribution in [0, 0.1) is 0 Å². The van der Waals surface area contributed by atoms with Gasteiger partial charge < -0.3 is 4.74 Å². The quantitative estimate of drug-likeness (QED) is 0.449. The molecule has 0 heterocycles. The van der Waals surface area contributed by atoms with E-state index in [1.54, 1.807) is 12.1 Å². The second kappa shape index (κ2) is 6.70. The van der Waals surface area contributed by atoms with Crippen LogP contribution < -0.4 is 4.74 Å². The lowest BCUT2D eigenvalue weighted by Gasteiger charge is -2.08. The van der Waals surface area contributed by atoms with Crippen LogP contribution >= 0.6 is 50.7 Å². The zero-order valence-corrected chi connectivity index (χ0v) is 12.0. The maximum atomic E-state index is 11.4. The van der Waals surface area contributed by atoms with E-state index in [0.29, 0.717) is 22.3 Å². The van der Waals surface area contributed by atoms with Crippen molar-refractivity contribution in [2.45, 2.75) is 12.8 Å². The molecule has 0 radical (unpaired) electrons. The summed E-state index contributed by atoms with van der Waals surface area (Å²) in [7, 11) is 0. The van der Waals surface area contributed by atoms with Crippen LogP contribution in [0.1, 0.15) is 12.8 Å². The van der Waals surface area contributed by atoms with Gasteiger partial charge in [-0.2, -0.15) is 0 Å². The first-order valence-electron chi connectivity index (χ1n) is 4.45. The second-order valence-electron chi connectivity index (χ2n) is 2.97. The fourth-order valence-corrected chi connectivity index (χ4v) is 2.42. The summed E-state index contributed by atoms with van der Waals surface area (Å²) in [5.74, 6) is 0.203. The summed E-state index contributed by atoms with van der Waals surface area (Å²) < 4.78 is 5.78. The van der Waals surface area contributed by atoms with E-state index < -0.39 is 5.97 Å². The van der Waals surface area contributed by atoms with E-state index in [2.05, 4.69) is 15.9 Å². The van der Waals surface area contributed by atoms with Crippen molar-refractivity contribution in [2.75, 3.05) is 5.88 Å². The van der Waals surface area contributed by atoms with Gasteiger partial charge in [0.15, 0.2) is 5.75 Å². The lowest BCUT2D eigenvalue weighted by molar-refractivity contribution is -0.134. The molecule has 0 aromatic heterocycles. The van der Waals surface area contributed by atoms with Crippen LogP contribution in [0.15, 0.2) is 16.6 Å². The van der Waals surface area contributed by atoms with Crippen molar-refractivity contribution >= 4 is 56.7 Å². The van der Waals surface area contributed by atoms with Crippen molar-refractivity contribution in [2.24, 2.45) is 0 Å². The zero-order chi connectivity index (χ0) is 12.1. The number of ether oxygens (including phenoxy) is 1. The second-order valence-corrected chi connectivity index (χ2v) is 5.07. The van der Waals surface area contributed by atoms with Gasteiger partial charge in [-0.15, -0.1) is 11.6 Å². The van der Waals surface area contributed by atoms with E-state index in [9.17, 15) is 4.79 Å². The van der Waals surface area contributed by atoms with Gasteiger partial charge in [0.25, 0.3) is 0 Å². The van der Waals surface area contributed by atoms with Crippen molar-refractivity contribution < 1.29 is 9.53 Å². The Morgan fingerprint density at radius 2 is 1.88 bits per heavy atom. The number of carbonyl (C=O) groups excluding carboxylic acids is 1. The summed E-state index contributed by atoms with van der Waals surface area (Å²) in [6, 6.07) is 3.22. The third-order valence-corrected chi connectivity index (χ3v) is 2.98. The first-order chi connectivity index (χ1) is 7.54. The fraction of sp³-hybridized carbons (Fsp3) is 0.300. The first kappa shape index (κ1) is 14.1. The van der Waals surface area contributed by atoms with Crippen LogP contribution in [0.5, 0.6) is 5.75 Å². The van der Waals surface area contributed by atoms with Crippen LogP contribution in [-0.2, 0) is 4.79 Å². The van der Waals surface area contributed by atoms with E-state index in [1.807, 2.05) is 0 Å². The predicted molar refractivity (Wildman–Crippen MR) is 69.8 cm³/mol. The standard InChI is InChI=1S/C10H8BrCl3O2/c11-6-4-7(13)10(8(14)5-6)16-9(15)2-1-3-12/h4-5H,1-3H2. The molecule has 0 spiro atoms. The fourth-order valence-electron chi connectivity index (χ4n) is 1.00. The third-order valence-electron chi connectivity index (χ3n) is 1.69. The molecule has 0 unspecified atom stereocenters. The molecule has 0 aliphatic rings. The van der Waals surface area contributed by atoms with E-state index in [-0.39, 0.29) is 12.2 Å². The summed E-state index contributed by atoms with van der Waals surface area (Å²) in [6.07, 6.45) is 0.804. The van der Waals surface area contributed by atoms with Crippen molar-refractivity contribution in [3.63, 3.8) is 0 Å². The molecule has 1 rings (SSSR count). The molecule has 2 nitrogen and oxygen atoms in total. The highest BCUT2D eigenvalue weighted by Crippen LogP contribution is 2.36. The summed E-state index contributed by atoms with van der Waals surface area (Å²) in [4.78, 5) is 11.4. The van der Waals surface area contributed by atoms with Crippen molar-refractivity contribution in [3.05, 3.63) is 26.7 Å². The van der Waals surface area contributed by atoms with Gasteiger partial charge in [0.05, 0.1) is 10.0 Å². The van der Waals surface area contributed by atoms with Crippen LogP contribution in [0.4, 0.5) is 0 Å². The Kier molecular flexibility index (Phi) is 5.90. The number of hydrogen-bond donors (Lipinski definition) is 0. The van der Waals surface area contributed by atoms with Crippen molar-refractivity contribution in [3.8, 4) is 5.75 Å². The third kappa shape index (κ3) is 4.13. The minimum Gasteiger partial charge on any atom is -0.423 e. The number of alkyl halides is 1. The maximum Gasteiger partial charge on any atom is 0.311 e. The smallest absolute Gasteiger partial charge is 0.311 e. The van der Waals surface area contributed by atoms with Crippen LogP contribution in [0.25, 0.3) is 0 Å². The molecule has 0 fully saturated rings. The van der Waals surface area contributed by atoms with E-state index in [4.69, 9.17) is 39.5 Å². The molecule has 6 heteroatoms. The van der Waals surface area contributed by atoms with Crippen LogP contribution in [0.3, 0.4) is 0 Å². The highest BCUT2D eigenvalue weighted by atomic mass is 79.9. The molecule has 0 aliphatic heterocycles. The number of carbonyl (C=O) groups is 1. The zero-order valence-electron chi connectivity index (χ0n) is 8.10. The Morgan fingerprint density at radius 1 is 1.31 bits per heavy atom. The van der Waals surface area contributed by atoms with Crippen LogP contribution in [-0.4, -0.2) is 11.8 Å². The predicted octanol–water partition coefficient (Wildman–Crippen LogP) is 4.68. The topological polar surface area (TPSA) is 26.3 Å². The largest absolute Gasteiger partial charge is 0.423 e. The molecule has 0 aliphatic carbocycles. The van der Waals surface area contributed by atoms with Gasteiger partial charge >= 0.3 is 5.97 Å². The average molecular weight is 346 g/mol. The van der Waals surface area contributed by atoms with E-state index in [1.165, 1.54) is 0 Å². The molecule has 1 aromatic carbocycles. The summed E-state index contributed by atoms with van der Waals surface area (Å²) in [6.45, 7) is 0. The molecule has 0 bridgehead atoms. The molecule has 0 N–H and O–H groups in total. The van der Waals surface area contributed by atoms with Gasteiger partial charge in [-0.25, -0.2) is 0 Å². The number of esters is 1. The molecule has 0 amide bonds. The Bertz CT molecular complexity index is 373. The molecule has 88 valence electrons. The number of hydrogen-bond acceptors (Lipinski definition) is 2. The maximum absolute atomic E-state index is 11.4. The van der Waals surface area contributed by atoms with Gasteiger partial charge in [-0.05, 0) is 18.6 Å². The van der Waals surface area contributed by atoms with Gasteiger partial charge in [0, 0.05) is 16.8 Å². The van der Waals surface area contributed by atoms with Crippen LogP contribution in [0.2, 0.25) is 10.0 Å². The Hall–Kier alpha value is 0.0400. The summed E-state index contributed by atoms with van der Waals surface area (Å²) in [5.41, 5.74) is 0. The lowest BCUT2D eigenvalue weighted by Crippen LogP contribution is -2.08. The SMILES string of the molecule is O=C(CCCCl)Oc1c(Cl)cc(Br)cc1Cl. The summed E-state index contributed by atoms with van der Waals surface area (Å²) in [5, 5.41) is 0.581. The minimum atomic E-state index is -0.397. The molecular formula is C10H8BrCl3O2. The number of benzene rings is 1. The van der Waals surface area contributed by atoms with E-state index >= 15 is 0 Å². The first-order valence-corrected chi connectivity index (χ1v) is 6.54. The Morgan fingerprint density at radius 3 is 2.38 bits per heavy atom. The molecule has 16 heavy (non-hydrogen) atoms. The summed E-state index contributed by atoms with van der Waals surface area (Å²) >= 11 is 20.5. The monoisotopic (exact) mass is 344 g/mol. The molecule has 0 saturated heterocycles. The highest BCUT2D eigenvalue weighted by Gasteiger charge is 2.13. The molecule has 0 atom stereocenters. The number of rotatable bonds is 4. The van der Waals surface area contributed by atoms with Gasteiger partial charge in [-0.1, -0.05) is 39.1 Å². The molecule has 0 saturated carbocycles. The van der Waals surface area contributed by atoms with Gasteiger partial charge in [0.1, 0.15) is 0 Å². The Labute approximate surface area is 117 Å². The van der Waals surface area contributed by atoms with Gasteiger partial charge in [0.2, 0.25) is 0 Å². The Balaban J connectivity index is 2.77. The number of halogens is 4. The molecular weight excluding hydrogens is 338 g/mol. The van der Waals surface area contributed by atoms with Crippen molar-refractivity contribution in [1.82, 2.24) is 0 Å². The normalized spacial score (nSPS) is 10.2. The molecule has 1 aromatic rings.